The van der Waals surface area contributed by atoms with Crippen LogP contribution >= 0.6 is 0 Å². The van der Waals surface area contributed by atoms with Crippen LogP contribution in [0.25, 0.3) is 0 Å². The zero-order valence-electron chi connectivity index (χ0n) is 9.83. The number of hydrogen-bond acceptors (Lipinski definition) is 3. The molecule has 1 aromatic rings. The number of hydrazone groups is 1. The summed E-state index contributed by atoms with van der Waals surface area (Å²) < 4.78 is 0. The van der Waals surface area contributed by atoms with Crippen molar-refractivity contribution < 1.29 is 9.59 Å². The van der Waals surface area contributed by atoms with E-state index in [9.17, 15) is 9.59 Å². The molecule has 0 radical (unpaired) electrons. The molecule has 88 valence electrons. The molecule has 0 saturated heterocycles. The van der Waals surface area contributed by atoms with Crippen LogP contribution in [-0.2, 0) is 9.59 Å². The van der Waals surface area contributed by atoms with Gasteiger partial charge in [0, 0.05) is 0 Å². The Morgan fingerprint density at radius 1 is 1.29 bits per heavy atom. The van der Waals surface area contributed by atoms with Gasteiger partial charge in [-0.15, -0.1) is 0 Å². The molecule has 0 fully saturated rings. The van der Waals surface area contributed by atoms with Crippen LogP contribution in [0.15, 0.2) is 35.4 Å². The van der Waals surface area contributed by atoms with E-state index in [1.54, 1.807) is 12.1 Å². The predicted molar refractivity (Wildman–Crippen MR) is 65.8 cm³/mol. The zero-order chi connectivity index (χ0) is 12.4. The van der Waals surface area contributed by atoms with E-state index < -0.39 is 5.92 Å². The minimum Gasteiger partial charge on any atom is -0.302 e. The summed E-state index contributed by atoms with van der Waals surface area (Å²) in [6.07, 6.45) is 0.671. The van der Waals surface area contributed by atoms with Gasteiger partial charge in [0.1, 0.15) is 12.2 Å². The first-order valence-electron chi connectivity index (χ1n) is 5.58. The highest BCUT2D eigenvalue weighted by Crippen LogP contribution is 2.25. The maximum absolute atomic E-state index is 12.0. The Hall–Kier alpha value is -1.97. The first-order valence-corrected chi connectivity index (χ1v) is 5.58. The molecule has 0 spiro atoms. The Morgan fingerprint density at radius 3 is 2.41 bits per heavy atom. The molecule has 1 atom stereocenters. The standard InChI is InChI=1S/C13H14N2O2/c1-9(2)12-11(8-16)13(17)15(14-12)10-6-4-3-5-7-10/h3-9,11H,1-2H3. The maximum atomic E-state index is 12.0. The van der Waals surface area contributed by atoms with Crippen molar-refractivity contribution in [3.05, 3.63) is 30.3 Å². The molecule has 1 aromatic carbocycles. The molecule has 1 amide bonds. The second kappa shape index (κ2) is 4.49. The smallest absolute Gasteiger partial charge is 0.263 e. The minimum absolute atomic E-state index is 0.0860. The first kappa shape index (κ1) is 11.5. The Bertz CT molecular complexity index is 466. The largest absolute Gasteiger partial charge is 0.302 e. The van der Waals surface area contributed by atoms with Gasteiger partial charge in [-0.1, -0.05) is 32.0 Å². The second-order valence-corrected chi connectivity index (χ2v) is 4.28. The quantitative estimate of drug-likeness (QED) is 0.588. The number of benzene rings is 1. The van der Waals surface area contributed by atoms with E-state index in [2.05, 4.69) is 5.10 Å². The topological polar surface area (TPSA) is 49.7 Å². The highest BCUT2D eigenvalue weighted by atomic mass is 16.2. The summed E-state index contributed by atoms with van der Waals surface area (Å²) in [7, 11) is 0. The number of carbonyl (C=O) groups is 2. The normalized spacial score (nSPS) is 19.7. The van der Waals surface area contributed by atoms with Crippen molar-refractivity contribution in [1.29, 1.82) is 0 Å². The Kier molecular flexibility index (Phi) is 3.04. The number of para-hydroxylation sites is 1. The van der Waals surface area contributed by atoms with E-state index in [0.717, 1.165) is 0 Å². The number of carbonyl (C=O) groups excluding carboxylic acids is 2. The van der Waals surface area contributed by atoms with Crippen LogP contribution in [0.3, 0.4) is 0 Å². The van der Waals surface area contributed by atoms with Crippen molar-refractivity contribution in [2.45, 2.75) is 13.8 Å². The molecule has 17 heavy (non-hydrogen) atoms. The molecule has 1 heterocycles. The minimum atomic E-state index is -0.727. The summed E-state index contributed by atoms with van der Waals surface area (Å²) in [5.41, 5.74) is 1.33. The van der Waals surface area contributed by atoms with E-state index in [4.69, 9.17) is 0 Å². The van der Waals surface area contributed by atoms with Crippen molar-refractivity contribution >= 4 is 23.6 Å². The fourth-order valence-electron chi connectivity index (χ4n) is 1.84. The van der Waals surface area contributed by atoms with E-state index in [1.807, 2.05) is 32.0 Å². The van der Waals surface area contributed by atoms with Crippen LogP contribution in [0.1, 0.15) is 13.8 Å². The van der Waals surface area contributed by atoms with Crippen LogP contribution in [0.2, 0.25) is 0 Å². The lowest BCUT2D eigenvalue weighted by atomic mass is 9.96. The molecule has 0 N–H and O–H groups in total. The van der Waals surface area contributed by atoms with Gasteiger partial charge in [0.25, 0.3) is 5.91 Å². The fraction of sp³-hybridized carbons (Fsp3) is 0.308. The van der Waals surface area contributed by atoms with Crippen molar-refractivity contribution in [3.8, 4) is 0 Å². The van der Waals surface area contributed by atoms with Gasteiger partial charge in [-0.05, 0) is 18.1 Å². The number of aldehydes is 1. The predicted octanol–water partition coefficient (Wildman–Crippen LogP) is 1.86. The summed E-state index contributed by atoms with van der Waals surface area (Å²) in [6.45, 7) is 3.86. The van der Waals surface area contributed by atoms with Crippen LogP contribution < -0.4 is 5.01 Å². The van der Waals surface area contributed by atoms with Crippen LogP contribution in [0.5, 0.6) is 0 Å². The molecular formula is C13H14N2O2. The molecule has 1 aliphatic rings. The molecular weight excluding hydrogens is 216 g/mol. The lowest BCUT2D eigenvalue weighted by molar-refractivity contribution is -0.123. The van der Waals surface area contributed by atoms with Gasteiger partial charge in [-0.3, -0.25) is 4.79 Å². The SMILES string of the molecule is CC(C)C1=NN(c2ccccc2)C(=O)C1C=O. The van der Waals surface area contributed by atoms with Crippen molar-refractivity contribution in [2.24, 2.45) is 16.9 Å². The van der Waals surface area contributed by atoms with E-state index >= 15 is 0 Å². The van der Waals surface area contributed by atoms with Gasteiger partial charge in [0.2, 0.25) is 0 Å². The Morgan fingerprint density at radius 2 is 1.94 bits per heavy atom. The van der Waals surface area contributed by atoms with E-state index in [0.29, 0.717) is 17.7 Å². The Labute approximate surface area is 99.9 Å². The lowest BCUT2D eigenvalue weighted by Gasteiger charge is -2.11. The molecule has 0 saturated carbocycles. The number of hydrogen-bond donors (Lipinski definition) is 0. The fourth-order valence-corrected chi connectivity index (χ4v) is 1.84. The second-order valence-electron chi connectivity index (χ2n) is 4.28. The van der Waals surface area contributed by atoms with Crippen molar-refractivity contribution in [1.82, 2.24) is 0 Å². The first-order chi connectivity index (χ1) is 8.15. The molecule has 0 bridgehead atoms. The third kappa shape index (κ3) is 1.98. The van der Waals surface area contributed by atoms with E-state index in [1.165, 1.54) is 5.01 Å². The Balaban J connectivity index is 2.38. The molecule has 4 heteroatoms. The van der Waals surface area contributed by atoms with E-state index in [-0.39, 0.29) is 11.8 Å². The highest BCUT2D eigenvalue weighted by Gasteiger charge is 2.37. The molecule has 1 aliphatic heterocycles. The zero-order valence-corrected chi connectivity index (χ0v) is 9.83. The number of amides is 1. The molecule has 1 unspecified atom stereocenters. The van der Waals surface area contributed by atoms with Crippen molar-refractivity contribution in [2.75, 3.05) is 5.01 Å². The third-order valence-electron chi connectivity index (χ3n) is 2.74. The van der Waals surface area contributed by atoms with Gasteiger partial charge >= 0.3 is 0 Å². The van der Waals surface area contributed by atoms with Gasteiger partial charge in [-0.25, -0.2) is 0 Å². The van der Waals surface area contributed by atoms with Gasteiger partial charge in [0.05, 0.1) is 11.4 Å². The molecule has 0 aromatic heterocycles. The summed E-state index contributed by atoms with van der Waals surface area (Å²) in [5.74, 6) is -0.909. The summed E-state index contributed by atoms with van der Waals surface area (Å²) in [6, 6.07) is 9.14. The number of rotatable bonds is 3. The molecule has 4 nitrogen and oxygen atoms in total. The summed E-state index contributed by atoms with van der Waals surface area (Å²) in [4.78, 5) is 23.0. The average Bonchev–Trinajstić information content (AvgIpc) is 2.67. The van der Waals surface area contributed by atoms with Crippen molar-refractivity contribution in [3.63, 3.8) is 0 Å². The summed E-state index contributed by atoms with van der Waals surface area (Å²) >= 11 is 0. The maximum Gasteiger partial charge on any atom is 0.263 e. The summed E-state index contributed by atoms with van der Waals surface area (Å²) in [5, 5.41) is 5.57. The highest BCUT2D eigenvalue weighted by molar-refractivity contribution is 6.23. The molecule has 2 rings (SSSR count). The van der Waals surface area contributed by atoms with Gasteiger partial charge in [0.15, 0.2) is 0 Å². The third-order valence-corrected chi connectivity index (χ3v) is 2.74. The molecule has 0 aliphatic carbocycles. The van der Waals surface area contributed by atoms with Gasteiger partial charge in [-0.2, -0.15) is 10.1 Å². The van der Waals surface area contributed by atoms with Crippen LogP contribution in [0.4, 0.5) is 5.69 Å². The van der Waals surface area contributed by atoms with Crippen LogP contribution in [-0.4, -0.2) is 17.9 Å². The number of nitrogens with zero attached hydrogens (tertiary/aromatic N) is 2. The number of anilines is 1. The monoisotopic (exact) mass is 230 g/mol. The lowest BCUT2D eigenvalue weighted by Crippen LogP contribution is -2.29. The van der Waals surface area contributed by atoms with Gasteiger partial charge < -0.3 is 4.79 Å². The van der Waals surface area contributed by atoms with Crippen LogP contribution in [0, 0.1) is 11.8 Å². The average molecular weight is 230 g/mol.